The van der Waals surface area contributed by atoms with Crippen LogP contribution in [0.3, 0.4) is 0 Å². The Kier molecular flexibility index (Phi) is 6.92. The van der Waals surface area contributed by atoms with E-state index in [1.54, 1.807) is 24.3 Å². The SMILES string of the molecule is Cc1ccc(C(=O)NC(CN)CC(C)C)cc1NC(=O)c1ccccc1. The Bertz CT molecular complexity index is 757. The number of nitrogens with two attached hydrogens (primary N) is 1. The third kappa shape index (κ3) is 5.43. The molecule has 0 bridgehead atoms. The number of benzene rings is 2. The van der Waals surface area contributed by atoms with Crippen LogP contribution in [0, 0.1) is 12.8 Å². The zero-order valence-electron chi connectivity index (χ0n) is 15.6. The monoisotopic (exact) mass is 353 g/mol. The summed E-state index contributed by atoms with van der Waals surface area (Å²) in [5.41, 5.74) is 8.35. The number of rotatable bonds is 7. The molecular formula is C21H27N3O2. The minimum atomic E-state index is -0.203. The predicted molar refractivity (Wildman–Crippen MR) is 105 cm³/mol. The van der Waals surface area contributed by atoms with Crippen molar-refractivity contribution in [3.05, 3.63) is 65.2 Å². The zero-order chi connectivity index (χ0) is 19.1. The molecule has 2 aromatic carbocycles. The van der Waals surface area contributed by atoms with Gasteiger partial charge in [-0.05, 0) is 49.1 Å². The Hall–Kier alpha value is -2.66. The number of nitrogens with one attached hydrogen (secondary N) is 2. The maximum Gasteiger partial charge on any atom is 0.255 e. The summed E-state index contributed by atoms with van der Waals surface area (Å²) < 4.78 is 0. The normalized spacial score (nSPS) is 11.9. The van der Waals surface area contributed by atoms with Gasteiger partial charge in [-0.25, -0.2) is 0 Å². The van der Waals surface area contributed by atoms with Crippen LogP contribution in [0.25, 0.3) is 0 Å². The Morgan fingerprint density at radius 2 is 1.69 bits per heavy atom. The first-order valence-electron chi connectivity index (χ1n) is 8.88. The van der Waals surface area contributed by atoms with E-state index >= 15 is 0 Å². The first-order valence-corrected chi connectivity index (χ1v) is 8.88. The predicted octanol–water partition coefficient (Wildman–Crippen LogP) is 3.35. The summed E-state index contributed by atoms with van der Waals surface area (Å²) in [5, 5.41) is 5.85. The molecule has 0 saturated carbocycles. The summed E-state index contributed by atoms with van der Waals surface area (Å²) in [5.74, 6) is 0.0600. The number of carbonyl (C=O) groups excluding carboxylic acids is 2. The van der Waals surface area contributed by atoms with Gasteiger partial charge in [-0.1, -0.05) is 38.1 Å². The summed E-state index contributed by atoms with van der Waals surface area (Å²) in [6.45, 7) is 6.48. The van der Waals surface area contributed by atoms with E-state index in [1.165, 1.54) is 0 Å². The molecule has 1 atom stereocenters. The van der Waals surface area contributed by atoms with Crippen LogP contribution in [0.15, 0.2) is 48.5 Å². The van der Waals surface area contributed by atoms with E-state index in [1.807, 2.05) is 31.2 Å². The average Bonchev–Trinajstić information content (AvgIpc) is 2.63. The van der Waals surface area contributed by atoms with Crippen LogP contribution < -0.4 is 16.4 Å². The van der Waals surface area contributed by atoms with Gasteiger partial charge >= 0.3 is 0 Å². The number of aryl methyl sites for hydroxylation is 1. The Morgan fingerprint density at radius 3 is 2.31 bits per heavy atom. The van der Waals surface area contributed by atoms with Crippen molar-refractivity contribution in [3.8, 4) is 0 Å². The van der Waals surface area contributed by atoms with E-state index in [0.717, 1.165) is 12.0 Å². The van der Waals surface area contributed by atoms with Crippen molar-refractivity contribution in [2.24, 2.45) is 11.7 Å². The van der Waals surface area contributed by atoms with Crippen LogP contribution in [-0.4, -0.2) is 24.4 Å². The maximum absolute atomic E-state index is 12.5. The van der Waals surface area contributed by atoms with E-state index in [-0.39, 0.29) is 17.9 Å². The molecule has 0 aliphatic heterocycles. The summed E-state index contributed by atoms with van der Waals surface area (Å²) in [4.78, 5) is 24.9. The molecule has 26 heavy (non-hydrogen) atoms. The van der Waals surface area contributed by atoms with E-state index in [4.69, 9.17) is 5.73 Å². The number of anilines is 1. The van der Waals surface area contributed by atoms with Crippen molar-refractivity contribution < 1.29 is 9.59 Å². The Morgan fingerprint density at radius 1 is 1.00 bits per heavy atom. The highest BCUT2D eigenvalue weighted by atomic mass is 16.2. The average molecular weight is 353 g/mol. The molecule has 2 rings (SSSR count). The molecule has 0 radical (unpaired) electrons. The third-order valence-electron chi connectivity index (χ3n) is 4.16. The molecule has 0 fully saturated rings. The molecule has 5 nitrogen and oxygen atoms in total. The lowest BCUT2D eigenvalue weighted by Crippen LogP contribution is -2.41. The fourth-order valence-electron chi connectivity index (χ4n) is 2.73. The number of hydrogen-bond acceptors (Lipinski definition) is 3. The highest BCUT2D eigenvalue weighted by molar-refractivity contribution is 6.05. The minimum Gasteiger partial charge on any atom is -0.348 e. The van der Waals surface area contributed by atoms with Crippen molar-refractivity contribution in [1.29, 1.82) is 0 Å². The molecule has 1 unspecified atom stereocenters. The summed E-state index contributed by atoms with van der Waals surface area (Å²) in [6.07, 6.45) is 0.825. The van der Waals surface area contributed by atoms with Gasteiger partial charge in [0, 0.05) is 29.4 Å². The molecule has 5 heteroatoms. The van der Waals surface area contributed by atoms with Gasteiger partial charge < -0.3 is 16.4 Å². The smallest absolute Gasteiger partial charge is 0.255 e. The van der Waals surface area contributed by atoms with Crippen molar-refractivity contribution >= 4 is 17.5 Å². The topological polar surface area (TPSA) is 84.2 Å². The first kappa shape index (κ1) is 19.7. The third-order valence-corrected chi connectivity index (χ3v) is 4.16. The first-order chi connectivity index (χ1) is 12.4. The zero-order valence-corrected chi connectivity index (χ0v) is 15.6. The van der Waals surface area contributed by atoms with E-state index in [9.17, 15) is 9.59 Å². The lowest BCUT2D eigenvalue weighted by Gasteiger charge is -2.19. The van der Waals surface area contributed by atoms with Crippen molar-refractivity contribution in [1.82, 2.24) is 5.32 Å². The lowest BCUT2D eigenvalue weighted by atomic mass is 10.0. The summed E-state index contributed by atoms with van der Waals surface area (Å²) in [7, 11) is 0. The second kappa shape index (κ2) is 9.15. The van der Waals surface area contributed by atoms with Crippen LogP contribution in [0.4, 0.5) is 5.69 Å². The molecule has 0 aliphatic rings. The van der Waals surface area contributed by atoms with Crippen LogP contribution in [-0.2, 0) is 0 Å². The molecule has 0 saturated heterocycles. The van der Waals surface area contributed by atoms with Crippen molar-refractivity contribution in [3.63, 3.8) is 0 Å². The number of amides is 2. The maximum atomic E-state index is 12.5. The fourth-order valence-corrected chi connectivity index (χ4v) is 2.73. The van der Waals surface area contributed by atoms with Crippen LogP contribution in [0.5, 0.6) is 0 Å². The van der Waals surface area contributed by atoms with E-state index < -0.39 is 0 Å². The lowest BCUT2D eigenvalue weighted by molar-refractivity contribution is 0.0932. The van der Waals surface area contributed by atoms with Gasteiger partial charge in [0.05, 0.1) is 0 Å². The largest absolute Gasteiger partial charge is 0.348 e. The summed E-state index contributed by atoms with van der Waals surface area (Å²) in [6, 6.07) is 14.2. The van der Waals surface area contributed by atoms with Crippen LogP contribution in [0.2, 0.25) is 0 Å². The van der Waals surface area contributed by atoms with Gasteiger partial charge in [-0.3, -0.25) is 9.59 Å². The minimum absolute atomic E-state index is 0.0637. The number of hydrogen-bond donors (Lipinski definition) is 3. The molecule has 0 heterocycles. The van der Waals surface area contributed by atoms with Gasteiger partial charge in [0.2, 0.25) is 0 Å². The molecule has 0 aliphatic carbocycles. The number of carbonyl (C=O) groups is 2. The quantitative estimate of drug-likeness (QED) is 0.714. The van der Waals surface area contributed by atoms with Crippen molar-refractivity contribution in [2.75, 3.05) is 11.9 Å². The van der Waals surface area contributed by atoms with Gasteiger partial charge in [-0.2, -0.15) is 0 Å². The second-order valence-corrected chi connectivity index (χ2v) is 6.89. The van der Waals surface area contributed by atoms with Gasteiger partial charge in [-0.15, -0.1) is 0 Å². The van der Waals surface area contributed by atoms with Crippen molar-refractivity contribution in [2.45, 2.75) is 33.2 Å². The van der Waals surface area contributed by atoms with Gasteiger partial charge in [0.15, 0.2) is 0 Å². The van der Waals surface area contributed by atoms with E-state index in [0.29, 0.717) is 29.3 Å². The molecule has 0 spiro atoms. The Balaban J connectivity index is 2.13. The highest BCUT2D eigenvalue weighted by Gasteiger charge is 2.15. The van der Waals surface area contributed by atoms with Crippen LogP contribution in [0.1, 0.15) is 46.5 Å². The fraction of sp³-hybridized carbons (Fsp3) is 0.333. The molecule has 4 N–H and O–H groups in total. The van der Waals surface area contributed by atoms with E-state index in [2.05, 4.69) is 24.5 Å². The van der Waals surface area contributed by atoms with Gasteiger partial charge in [0.25, 0.3) is 11.8 Å². The summed E-state index contributed by atoms with van der Waals surface area (Å²) >= 11 is 0. The molecule has 2 amide bonds. The molecular weight excluding hydrogens is 326 g/mol. The second-order valence-electron chi connectivity index (χ2n) is 6.89. The molecule has 2 aromatic rings. The van der Waals surface area contributed by atoms with Crippen LogP contribution >= 0.6 is 0 Å². The standard InChI is InChI=1S/C21H27N3O2/c1-14(2)11-18(13-22)23-21(26)17-10-9-15(3)19(12-17)24-20(25)16-7-5-4-6-8-16/h4-10,12,14,18H,11,13,22H2,1-3H3,(H,23,26)(H,24,25). The highest BCUT2D eigenvalue weighted by Crippen LogP contribution is 2.18. The Labute approximate surface area is 155 Å². The van der Waals surface area contributed by atoms with Gasteiger partial charge in [0.1, 0.15) is 0 Å². The molecule has 138 valence electrons. The molecule has 0 aromatic heterocycles.